The number of likely N-dealkylation sites (tertiary alicyclic amines) is 1. The summed E-state index contributed by atoms with van der Waals surface area (Å²) in [6, 6.07) is 1.08. The number of carbonyl (C=O) groups excluding carboxylic acids is 2. The summed E-state index contributed by atoms with van der Waals surface area (Å²) in [5.41, 5.74) is -3.73. The molecule has 2 amide bonds. The summed E-state index contributed by atoms with van der Waals surface area (Å²) in [5, 5.41) is 5.56. The molecule has 2 aliphatic rings. The van der Waals surface area contributed by atoms with Crippen LogP contribution in [0.2, 0.25) is 0 Å². The molecule has 1 aliphatic heterocycles. The fourth-order valence-corrected chi connectivity index (χ4v) is 4.65. The lowest BCUT2D eigenvalue weighted by Crippen LogP contribution is -2.46. The van der Waals surface area contributed by atoms with Crippen molar-refractivity contribution in [1.82, 2.24) is 15.5 Å². The van der Waals surface area contributed by atoms with Crippen LogP contribution in [0.5, 0.6) is 0 Å². The van der Waals surface area contributed by atoms with E-state index in [1.165, 1.54) is 0 Å². The molecular formula is C24H31F6N3O2. The van der Waals surface area contributed by atoms with Crippen molar-refractivity contribution in [3.8, 4) is 0 Å². The molecular weight excluding hydrogens is 476 g/mol. The summed E-state index contributed by atoms with van der Waals surface area (Å²) in [7, 11) is 0. The van der Waals surface area contributed by atoms with Crippen molar-refractivity contribution in [1.29, 1.82) is 0 Å². The molecule has 1 saturated carbocycles. The number of benzene rings is 1. The van der Waals surface area contributed by atoms with Gasteiger partial charge in [-0.25, -0.2) is 0 Å². The highest BCUT2D eigenvalue weighted by Gasteiger charge is 2.37. The van der Waals surface area contributed by atoms with Crippen LogP contribution in [0.4, 0.5) is 26.3 Å². The van der Waals surface area contributed by atoms with E-state index in [1.807, 2.05) is 4.90 Å². The fourth-order valence-electron chi connectivity index (χ4n) is 4.65. The molecule has 5 nitrogen and oxygen atoms in total. The van der Waals surface area contributed by atoms with Gasteiger partial charge in [0.25, 0.3) is 5.91 Å². The van der Waals surface area contributed by atoms with E-state index in [2.05, 4.69) is 17.6 Å². The zero-order valence-corrected chi connectivity index (χ0v) is 19.6. The van der Waals surface area contributed by atoms with Crippen molar-refractivity contribution in [3.05, 3.63) is 34.9 Å². The van der Waals surface area contributed by atoms with Gasteiger partial charge in [-0.15, -0.1) is 0 Å². The highest BCUT2D eigenvalue weighted by Crippen LogP contribution is 2.36. The number of amides is 2. The number of hydrogen-bond acceptors (Lipinski definition) is 3. The molecule has 3 rings (SSSR count). The van der Waals surface area contributed by atoms with Crippen LogP contribution in [0.1, 0.15) is 66.9 Å². The van der Waals surface area contributed by atoms with Gasteiger partial charge in [-0.05, 0) is 81.6 Å². The number of nitrogens with zero attached hydrogens (tertiary/aromatic N) is 1. The van der Waals surface area contributed by atoms with Gasteiger partial charge in [0.15, 0.2) is 0 Å². The molecule has 11 heteroatoms. The number of piperidine rings is 1. The number of carbonyl (C=O) groups is 2. The standard InChI is InChI=1S/C24H31F6N3O2/c1-15-2-4-20(5-3-15)32-21(34)14-33-8-6-16(7-9-33)13-31-22(35)17-10-18(23(25,26)27)12-19(11-17)24(28,29)30/h10-12,15-16,20H,2-9,13-14H2,1H3,(H,31,35)(H,32,34)/t15-,20-. The zero-order valence-electron chi connectivity index (χ0n) is 19.6. The minimum atomic E-state index is -5.01. The van der Waals surface area contributed by atoms with Crippen molar-refractivity contribution in [2.75, 3.05) is 26.2 Å². The van der Waals surface area contributed by atoms with Crippen LogP contribution in [0.25, 0.3) is 0 Å². The van der Waals surface area contributed by atoms with Crippen molar-refractivity contribution in [3.63, 3.8) is 0 Å². The predicted octanol–water partition coefficient (Wildman–Crippen LogP) is 4.86. The number of rotatable bonds is 6. The topological polar surface area (TPSA) is 61.4 Å². The lowest BCUT2D eigenvalue weighted by atomic mass is 9.87. The molecule has 0 bridgehead atoms. The minimum absolute atomic E-state index is 0.00254. The first-order valence-corrected chi connectivity index (χ1v) is 11.9. The molecule has 196 valence electrons. The van der Waals surface area contributed by atoms with E-state index in [1.54, 1.807) is 0 Å². The molecule has 1 aromatic rings. The highest BCUT2D eigenvalue weighted by atomic mass is 19.4. The quantitative estimate of drug-likeness (QED) is 0.541. The average molecular weight is 508 g/mol. The Morgan fingerprint density at radius 3 is 1.94 bits per heavy atom. The maximum atomic E-state index is 13.0. The SMILES string of the molecule is C[C@H]1CC[C@H](NC(=O)CN2CCC(CNC(=O)c3cc(C(F)(F)F)cc(C(F)(F)F)c3)CC2)CC1. The number of alkyl halides is 6. The first-order valence-electron chi connectivity index (χ1n) is 11.9. The molecule has 1 heterocycles. The van der Waals surface area contributed by atoms with Gasteiger partial charge < -0.3 is 10.6 Å². The van der Waals surface area contributed by atoms with Crippen LogP contribution in [0.3, 0.4) is 0 Å². The van der Waals surface area contributed by atoms with Gasteiger partial charge in [0.2, 0.25) is 5.91 Å². The third-order valence-corrected chi connectivity index (χ3v) is 6.86. The van der Waals surface area contributed by atoms with Crippen molar-refractivity contribution < 1.29 is 35.9 Å². The molecule has 35 heavy (non-hydrogen) atoms. The van der Waals surface area contributed by atoms with Crippen LogP contribution in [-0.4, -0.2) is 48.9 Å². The Kier molecular flexibility index (Phi) is 8.72. The van der Waals surface area contributed by atoms with Crippen molar-refractivity contribution >= 4 is 11.8 Å². The second-order valence-electron chi connectivity index (χ2n) is 9.75. The molecule has 2 fully saturated rings. The largest absolute Gasteiger partial charge is 0.416 e. The van der Waals surface area contributed by atoms with Gasteiger partial charge in [0.05, 0.1) is 17.7 Å². The summed E-state index contributed by atoms with van der Waals surface area (Å²) >= 11 is 0. The molecule has 0 aromatic heterocycles. The van der Waals surface area contributed by atoms with E-state index in [4.69, 9.17) is 0 Å². The number of nitrogens with one attached hydrogen (secondary N) is 2. The molecule has 2 N–H and O–H groups in total. The van der Waals surface area contributed by atoms with Crippen LogP contribution >= 0.6 is 0 Å². The Morgan fingerprint density at radius 2 is 1.43 bits per heavy atom. The molecule has 0 unspecified atom stereocenters. The zero-order chi connectivity index (χ0) is 25.8. The van der Waals surface area contributed by atoms with E-state index < -0.39 is 35.0 Å². The van der Waals surface area contributed by atoms with Gasteiger partial charge in [0.1, 0.15) is 0 Å². The second kappa shape index (κ2) is 11.2. The van der Waals surface area contributed by atoms with Crippen LogP contribution in [0.15, 0.2) is 18.2 Å². The van der Waals surface area contributed by atoms with E-state index >= 15 is 0 Å². The maximum Gasteiger partial charge on any atom is 0.416 e. The normalized spacial score (nSPS) is 22.6. The first kappa shape index (κ1) is 27.3. The molecule has 0 radical (unpaired) electrons. The Labute approximate surface area is 200 Å². The van der Waals surface area contributed by atoms with Gasteiger partial charge >= 0.3 is 12.4 Å². The molecule has 0 atom stereocenters. The molecule has 0 spiro atoms. The minimum Gasteiger partial charge on any atom is -0.352 e. The average Bonchev–Trinajstić information content (AvgIpc) is 2.78. The molecule has 1 aliphatic carbocycles. The second-order valence-corrected chi connectivity index (χ2v) is 9.75. The van der Waals surface area contributed by atoms with Gasteiger partial charge in [-0.1, -0.05) is 6.92 Å². The van der Waals surface area contributed by atoms with Crippen LogP contribution in [-0.2, 0) is 17.1 Å². The van der Waals surface area contributed by atoms with Crippen molar-refractivity contribution in [2.45, 2.75) is 63.8 Å². The monoisotopic (exact) mass is 507 g/mol. The fraction of sp³-hybridized carbons (Fsp3) is 0.667. The summed E-state index contributed by atoms with van der Waals surface area (Å²) in [6.45, 7) is 3.88. The van der Waals surface area contributed by atoms with Gasteiger partial charge in [0, 0.05) is 18.2 Å². The Balaban J connectivity index is 1.46. The maximum absolute atomic E-state index is 13.0. The third-order valence-electron chi connectivity index (χ3n) is 6.86. The lowest BCUT2D eigenvalue weighted by molar-refractivity contribution is -0.143. The van der Waals surface area contributed by atoms with E-state index in [0.717, 1.165) is 25.7 Å². The Bertz CT molecular complexity index is 854. The van der Waals surface area contributed by atoms with E-state index in [0.29, 0.717) is 44.0 Å². The molecule has 1 saturated heterocycles. The summed E-state index contributed by atoms with van der Waals surface area (Å²) in [4.78, 5) is 26.7. The number of halogens is 6. The predicted molar refractivity (Wildman–Crippen MR) is 118 cm³/mol. The Hall–Kier alpha value is -2.30. The summed E-state index contributed by atoms with van der Waals surface area (Å²) < 4.78 is 78.1. The van der Waals surface area contributed by atoms with Crippen molar-refractivity contribution in [2.24, 2.45) is 11.8 Å². The molecule has 1 aromatic carbocycles. The van der Waals surface area contributed by atoms with E-state index in [9.17, 15) is 35.9 Å². The van der Waals surface area contributed by atoms with E-state index in [-0.39, 0.29) is 37.0 Å². The van der Waals surface area contributed by atoms with Gasteiger partial charge in [-0.2, -0.15) is 26.3 Å². The lowest BCUT2D eigenvalue weighted by Gasteiger charge is -2.32. The van der Waals surface area contributed by atoms with Crippen LogP contribution < -0.4 is 10.6 Å². The van der Waals surface area contributed by atoms with Crippen LogP contribution in [0, 0.1) is 11.8 Å². The number of hydrogen-bond donors (Lipinski definition) is 2. The smallest absolute Gasteiger partial charge is 0.352 e. The third kappa shape index (κ3) is 8.12. The first-order chi connectivity index (χ1) is 16.3. The summed E-state index contributed by atoms with van der Waals surface area (Å²) in [5.74, 6) is -0.277. The highest BCUT2D eigenvalue weighted by molar-refractivity contribution is 5.94. The van der Waals surface area contributed by atoms with Gasteiger partial charge in [-0.3, -0.25) is 14.5 Å². The Morgan fingerprint density at radius 1 is 0.886 bits per heavy atom. The summed E-state index contributed by atoms with van der Waals surface area (Å²) in [6.07, 6.45) is -4.50.